The van der Waals surface area contributed by atoms with Crippen LogP contribution in [0.15, 0.2) is 66.7 Å². The minimum Gasteiger partial charge on any atom is -0.489 e. The number of rotatable bonds is 6. The summed E-state index contributed by atoms with van der Waals surface area (Å²) in [5.41, 5.74) is -1.30. The van der Waals surface area contributed by atoms with Crippen LogP contribution in [0.3, 0.4) is 0 Å². The molecule has 0 bridgehead atoms. The van der Waals surface area contributed by atoms with Gasteiger partial charge in [0.05, 0.1) is 5.69 Å². The largest absolute Gasteiger partial charge is 0.489 e. The first kappa shape index (κ1) is 23.9. The van der Waals surface area contributed by atoms with Crippen molar-refractivity contribution >= 4 is 11.6 Å². The fraction of sp³-hybridized carbons (Fsp3) is 0.125. The predicted octanol–water partition coefficient (Wildman–Crippen LogP) is 5.70. The lowest BCUT2D eigenvalue weighted by Gasteiger charge is -2.13. The number of halogens is 5. The monoisotopic (exact) mass is 488 g/mol. The van der Waals surface area contributed by atoms with Crippen LogP contribution in [0.5, 0.6) is 5.75 Å². The van der Waals surface area contributed by atoms with Crippen molar-refractivity contribution in [3.8, 4) is 11.4 Å². The van der Waals surface area contributed by atoms with Gasteiger partial charge in [-0.3, -0.25) is 4.79 Å². The topological polar surface area (TPSA) is 69.0 Å². The number of anilines is 1. The van der Waals surface area contributed by atoms with E-state index in [1.54, 1.807) is 25.1 Å². The van der Waals surface area contributed by atoms with E-state index in [4.69, 9.17) is 4.74 Å². The van der Waals surface area contributed by atoms with E-state index in [2.05, 4.69) is 15.6 Å². The molecule has 1 amide bonds. The zero-order chi connectivity index (χ0) is 25.2. The summed E-state index contributed by atoms with van der Waals surface area (Å²) in [6.45, 7) is 1.72. The molecule has 0 aliphatic heterocycles. The second kappa shape index (κ2) is 9.53. The van der Waals surface area contributed by atoms with Gasteiger partial charge in [-0.15, -0.1) is 5.10 Å². The van der Waals surface area contributed by atoms with Gasteiger partial charge in [-0.1, -0.05) is 23.4 Å². The average molecular weight is 488 g/mol. The standard InChI is InChI=1S/C24H17F5N4O2/c1-14-10-19(35-13-15-4-2-5-16(25)11-15)8-9-20(14)30-23(34)21-22(24(27,28)29)33(32-31-21)18-7-3-6-17(26)12-18/h2-12H,13H2,1H3,(H,30,34). The minimum atomic E-state index is -4.99. The van der Waals surface area contributed by atoms with Crippen molar-refractivity contribution in [3.05, 3.63) is 101 Å². The molecule has 6 nitrogen and oxygen atoms in total. The Hall–Kier alpha value is -4.28. The number of hydrogen-bond donors (Lipinski definition) is 1. The van der Waals surface area contributed by atoms with Gasteiger partial charge < -0.3 is 10.1 Å². The number of hydrogen-bond acceptors (Lipinski definition) is 4. The van der Waals surface area contributed by atoms with Crippen LogP contribution < -0.4 is 10.1 Å². The minimum absolute atomic E-state index is 0.0982. The summed E-state index contributed by atoms with van der Waals surface area (Å²) in [7, 11) is 0. The molecule has 0 aliphatic carbocycles. The van der Waals surface area contributed by atoms with E-state index in [9.17, 15) is 26.7 Å². The summed E-state index contributed by atoms with van der Waals surface area (Å²) in [6, 6.07) is 14.8. The van der Waals surface area contributed by atoms with Gasteiger partial charge in [0.1, 0.15) is 24.0 Å². The molecule has 0 atom stereocenters. The maximum atomic E-state index is 13.8. The molecule has 0 fully saturated rings. The van der Waals surface area contributed by atoms with E-state index in [1.807, 2.05) is 0 Å². The molecule has 1 heterocycles. The molecule has 1 aromatic heterocycles. The maximum absolute atomic E-state index is 13.8. The zero-order valence-electron chi connectivity index (χ0n) is 18.1. The third-order valence-corrected chi connectivity index (χ3v) is 4.95. The average Bonchev–Trinajstić information content (AvgIpc) is 3.26. The Balaban J connectivity index is 1.54. The molecule has 0 saturated carbocycles. The lowest BCUT2D eigenvalue weighted by Crippen LogP contribution is -2.21. The van der Waals surface area contributed by atoms with Crippen LogP contribution >= 0.6 is 0 Å². The van der Waals surface area contributed by atoms with Crippen molar-refractivity contribution in [1.82, 2.24) is 15.0 Å². The molecule has 1 N–H and O–H groups in total. The first-order valence-electron chi connectivity index (χ1n) is 10.2. The number of amides is 1. The number of benzene rings is 3. The van der Waals surface area contributed by atoms with Crippen LogP contribution in [0.2, 0.25) is 0 Å². The second-order valence-corrected chi connectivity index (χ2v) is 7.53. The van der Waals surface area contributed by atoms with Crippen molar-refractivity contribution in [2.45, 2.75) is 19.7 Å². The van der Waals surface area contributed by atoms with Crippen molar-refractivity contribution in [2.75, 3.05) is 5.32 Å². The molecule has 3 aromatic carbocycles. The van der Waals surface area contributed by atoms with Crippen LogP contribution in [-0.4, -0.2) is 20.9 Å². The van der Waals surface area contributed by atoms with Crippen LogP contribution in [0.25, 0.3) is 5.69 Å². The number of aryl methyl sites for hydroxylation is 1. The third kappa shape index (κ3) is 5.45. The van der Waals surface area contributed by atoms with Gasteiger partial charge in [0.2, 0.25) is 0 Å². The molecule has 0 unspecified atom stereocenters. The maximum Gasteiger partial charge on any atom is 0.435 e. The molecule has 180 valence electrons. The van der Waals surface area contributed by atoms with Gasteiger partial charge in [0.25, 0.3) is 5.91 Å². The van der Waals surface area contributed by atoms with Crippen molar-refractivity contribution in [2.24, 2.45) is 0 Å². The lowest BCUT2D eigenvalue weighted by atomic mass is 10.1. The molecular weight excluding hydrogens is 471 g/mol. The molecule has 4 aromatic rings. The van der Waals surface area contributed by atoms with Crippen molar-refractivity contribution < 1.29 is 31.5 Å². The van der Waals surface area contributed by atoms with Gasteiger partial charge in [-0.2, -0.15) is 13.2 Å². The zero-order valence-corrected chi connectivity index (χ0v) is 18.1. The van der Waals surface area contributed by atoms with E-state index in [-0.39, 0.29) is 18.0 Å². The van der Waals surface area contributed by atoms with E-state index in [0.29, 0.717) is 21.6 Å². The highest BCUT2D eigenvalue weighted by Gasteiger charge is 2.42. The number of aromatic nitrogens is 3. The summed E-state index contributed by atoms with van der Waals surface area (Å²) in [5.74, 6) is -1.89. The molecule has 4 rings (SSSR count). The summed E-state index contributed by atoms with van der Waals surface area (Å²) in [5, 5.41) is 9.22. The number of nitrogens with one attached hydrogen (secondary N) is 1. The second-order valence-electron chi connectivity index (χ2n) is 7.53. The number of carbonyl (C=O) groups excluding carboxylic acids is 1. The van der Waals surface area contributed by atoms with Gasteiger partial charge in [-0.05, 0) is 66.6 Å². The van der Waals surface area contributed by atoms with E-state index >= 15 is 0 Å². The number of alkyl halides is 3. The van der Waals surface area contributed by atoms with Crippen molar-refractivity contribution in [1.29, 1.82) is 0 Å². The Morgan fingerprint density at radius 3 is 2.37 bits per heavy atom. The highest BCUT2D eigenvalue weighted by Crippen LogP contribution is 2.33. The van der Waals surface area contributed by atoms with E-state index < -0.39 is 35.1 Å². The van der Waals surface area contributed by atoms with Crippen LogP contribution in [-0.2, 0) is 12.8 Å². The Bertz CT molecular complexity index is 1380. The van der Waals surface area contributed by atoms with E-state index in [0.717, 1.165) is 12.1 Å². The Labute approximate surface area is 196 Å². The highest BCUT2D eigenvalue weighted by molar-refractivity contribution is 6.04. The predicted molar refractivity (Wildman–Crippen MR) is 116 cm³/mol. The van der Waals surface area contributed by atoms with Crippen LogP contribution in [0.4, 0.5) is 27.6 Å². The van der Waals surface area contributed by atoms with Crippen LogP contribution in [0, 0.1) is 18.6 Å². The van der Waals surface area contributed by atoms with Crippen molar-refractivity contribution in [3.63, 3.8) is 0 Å². The molecule has 35 heavy (non-hydrogen) atoms. The highest BCUT2D eigenvalue weighted by atomic mass is 19.4. The molecule has 0 aliphatic rings. The third-order valence-electron chi connectivity index (χ3n) is 4.95. The fourth-order valence-corrected chi connectivity index (χ4v) is 3.32. The Morgan fingerprint density at radius 2 is 1.71 bits per heavy atom. The summed E-state index contributed by atoms with van der Waals surface area (Å²) >= 11 is 0. The van der Waals surface area contributed by atoms with Gasteiger partial charge in [0.15, 0.2) is 11.4 Å². The Morgan fingerprint density at radius 1 is 1.00 bits per heavy atom. The van der Waals surface area contributed by atoms with Gasteiger partial charge in [-0.25, -0.2) is 13.5 Å². The normalized spacial score (nSPS) is 11.4. The van der Waals surface area contributed by atoms with Gasteiger partial charge in [0, 0.05) is 5.69 Å². The summed E-state index contributed by atoms with van der Waals surface area (Å²) in [4.78, 5) is 12.7. The summed E-state index contributed by atoms with van der Waals surface area (Å²) < 4.78 is 74.2. The van der Waals surface area contributed by atoms with E-state index in [1.165, 1.54) is 36.4 Å². The molecule has 11 heteroatoms. The quantitative estimate of drug-likeness (QED) is 0.354. The molecule has 0 saturated heterocycles. The fourth-order valence-electron chi connectivity index (χ4n) is 3.32. The Kier molecular flexibility index (Phi) is 6.50. The first-order chi connectivity index (χ1) is 16.6. The summed E-state index contributed by atoms with van der Waals surface area (Å²) in [6.07, 6.45) is -4.99. The van der Waals surface area contributed by atoms with Crippen LogP contribution in [0.1, 0.15) is 27.3 Å². The number of carbonyl (C=O) groups is 1. The molecule has 0 spiro atoms. The number of ether oxygens (including phenoxy) is 1. The molecule has 0 radical (unpaired) electrons. The number of nitrogens with zero attached hydrogens (tertiary/aromatic N) is 3. The van der Waals surface area contributed by atoms with Gasteiger partial charge >= 0.3 is 6.18 Å². The SMILES string of the molecule is Cc1cc(OCc2cccc(F)c2)ccc1NC(=O)c1nnn(-c2cccc(F)c2)c1C(F)(F)F. The first-order valence-corrected chi connectivity index (χ1v) is 10.2. The molecular formula is C24H17F5N4O2. The lowest BCUT2D eigenvalue weighted by molar-refractivity contribution is -0.143. The smallest absolute Gasteiger partial charge is 0.435 e.